The Kier molecular flexibility index (Phi) is 6.45. The van der Waals surface area contributed by atoms with Crippen molar-refractivity contribution in [2.75, 3.05) is 0 Å². The highest BCUT2D eigenvalue weighted by atomic mass is 32.4. The van der Waals surface area contributed by atoms with E-state index >= 15 is 0 Å². The van der Waals surface area contributed by atoms with Gasteiger partial charge in [-0.1, -0.05) is 145 Å². The van der Waals surface area contributed by atoms with Gasteiger partial charge in [0.15, 0.2) is 0 Å². The van der Waals surface area contributed by atoms with Gasteiger partial charge in [0, 0.05) is 32.9 Å². The predicted molar refractivity (Wildman–Crippen MR) is 195 cm³/mol. The van der Waals surface area contributed by atoms with E-state index in [9.17, 15) is 0 Å². The molecule has 0 fully saturated rings. The molecular weight excluding hydrogens is 600 g/mol. The molecule has 1 unspecified atom stereocenters. The maximum atomic E-state index is 7.19. The number of allylic oxidation sites excluding steroid dienone is 4. The number of hydrogen-bond donors (Lipinski definition) is 0. The van der Waals surface area contributed by atoms with Crippen LogP contribution in [-0.4, -0.2) is 0 Å². The molecule has 9 rings (SSSR count). The zero-order valence-electron chi connectivity index (χ0n) is 25.0. The van der Waals surface area contributed by atoms with Crippen LogP contribution in [0.15, 0.2) is 152 Å². The zero-order valence-corrected chi connectivity index (χ0v) is 26.7. The smallest absolute Gasteiger partial charge is 0.148 e. The number of ether oxygens (including phenoxy) is 2. The minimum atomic E-state index is -2.70. The van der Waals surface area contributed by atoms with Crippen molar-refractivity contribution in [3.63, 3.8) is 0 Å². The fourth-order valence-electron chi connectivity index (χ4n) is 7.01. The fraction of sp³-hybridized carbons (Fsp3) is 0.0476. The minimum Gasteiger partial charge on any atom is -0.454 e. The second kappa shape index (κ2) is 10.8. The van der Waals surface area contributed by atoms with Gasteiger partial charge in [0.2, 0.25) is 0 Å². The number of fused-ring (bicyclic) bond motifs is 4. The molecule has 2 nitrogen and oxygen atoms in total. The van der Waals surface area contributed by atoms with Crippen LogP contribution in [0.1, 0.15) is 18.4 Å². The van der Waals surface area contributed by atoms with Crippen molar-refractivity contribution in [2.24, 2.45) is 0 Å². The van der Waals surface area contributed by atoms with Crippen molar-refractivity contribution in [3.05, 3.63) is 157 Å². The third-order valence-corrected chi connectivity index (χ3v) is 14.0. The summed E-state index contributed by atoms with van der Waals surface area (Å²) in [5.41, 5.74) is 8.64. The van der Waals surface area contributed by atoms with Crippen LogP contribution in [0, 0.1) is 0 Å². The van der Waals surface area contributed by atoms with Crippen molar-refractivity contribution in [2.45, 2.75) is 12.8 Å². The molecule has 0 saturated carbocycles. The summed E-state index contributed by atoms with van der Waals surface area (Å²) < 4.78 is 14.4. The molecule has 6 aromatic carbocycles. The normalized spacial score (nSPS) is 17.1. The van der Waals surface area contributed by atoms with Crippen LogP contribution in [0.3, 0.4) is 0 Å². The Morgan fingerprint density at radius 2 is 0.978 bits per heavy atom. The predicted octanol–water partition coefficient (Wildman–Crippen LogP) is 10.4. The summed E-state index contributed by atoms with van der Waals surface area (Å²) in [6.45, 7) is 0. The molecule has 0 aromatic heterocycles. The summed E-state index contributed by atoms with van der Waals surface area (Å²) in [5.74, 6) is 3.32. The molecule has 1 aliphatic carbocycles. The Labute approximate surface area is 274 Å². The minimum absolute atomic E-state index is 0.806. The Morgan fingerprint density at radius 1 is 0.478 bits per heavy atom. The first-order valence-corrected chi connectivity index (χ1v) is 18.5. The Balaban J connectivity index is 1.43. The van der Waals surface area contributed by atoms with Crippen molar-refractivity contribution in [1.29, 1.82) is 0 Å². The molecule has 3 aliphatic rings. The van der Waals surface area contributed by atoms with Gasteiger partial charge >= 0.3 is 0 Å². The van der Waals surface area contributed by atoms with E-state index in [1.165, 1.54) is 0 Å². The van der Waals surface area contributed by atoms with Crippen molar-refractivity contribution >= 4 is 39.3 Å². The molecule has 46 heavy (non-hydrogen) atoms. The van der Waals surface area contributed by atoms with Gasteiger partial charge in [-0.2, -0.15) is 0 Å². The molecule has 0 saturated heterocycles. The average molecular weight is 629 g/mol. The summed E-state index contributed by atoms with van der Waals surface area (Å²) >= 11 is 7.16. The second-order valence-electron chi connectivity index (χ2n) is 11.8. The zero-order chi connectivity index (χ0) is 30.7. The van der Waals surface area contributed by atoms with Crippen molar-refractivity contribution < 1.29 is 9.47 Å². The maximum Gasteiger partial charge on any atom is 0.148 e. The monoisotopic (exact) mass is 628 g/mol. The molecule has 6 aromatic rings. The maximum absolute atomic E-state index is 7.19. The summed E-state index contributed by atoms with van der Waals surface area (Å²) in [6.07, 6.45) is 8.83. The summed E-state index contributed by atoms with van der Waals surface area (Å²) in [4.78, 5) is 0. The van der Waals surface area contributed by atoms with E-state index in [2.05, 4.69) is 140 Å². The molecule has 4 heteroatoms. The van der Waals surface area contributed by atoms with Gasteiger partial charge < -0.3 is 9.47 Å². The lowest BCUT2D eigenvalue weighted by molar-refractivity contribution is 0.468. The Morgan fingerprint density at radius 3 is 1.48 bits per heavy atom. The first kappa shape index (κ1) is 27.4. The van der Waals surface area contributed by atoms with E-state index in [-0.39, 0.29) is 0 Å². The molecule has 0 amide bonds. The highest BCUT2D eigenvalue weighted by Crippen LogP contribution is 2.63. The molecule has 220 valence electrons. The summed E-state index contributed by atoms with van der Waals surface area (Å²) in [6, 6.07) is 44.0. The molecule has 1 atom stereocenters. The van der Waals surface area contributed by atoms with E-state index in [1.54, 1.807) is 0 Å². The first-order valence-electron chi connectivity index (χ1n) is 15.7. The second-order valence-corrected chi connectivity index (χ2v) is 16.1. The molecule has 0 spiro atoms. The SMILES string of the molecule is S=P12c3cccc(-c4ccccc4)c3Oc3c(C4=CCCC=C4)cc(-c4ccccc4)c(c31)Oc1c(-c3ccccc3)cccc12. The van der Waals surface area contributed by atoms with Gasteiger partial charge in [-0.15, -0.1) is 0 Å². The first-order chi connectivity index (χ1) is 22.7. The van der Waals surface area contributed by atoms with E-state index < -0.39 is 6.04 Å². The van der Waals surface area contributed by atoms with Gasteiger partial charge in [0.1, 0.15) is 23.0 Å². The average Bonchev–Trinajstić information content (AvgIpc) is 3.13. The van der Waals surface area contributed by atoms with Crippen molar-refractivity contribution in [1.82, 2.24) is 0 Å². The third-order valence-electron chi connectivity index (χ3n) is 9.16. The van der Waals surface area contributed by atoms with Crippen LogP contribution < -0.4 is 25.4 Å². The van der Waals surface area contributed by atoms with Crippen LogP contribution in [0.2, 0.25) is 0 Å². The fourth-order valence-corrected chi connectivity index (χ4v) is 11.5. The van der Waals surface area contributed by atoms with Gasteiger partial charge in [-0.25, -0.2) is 0 Å². The lowest BCUT2D eigenvalue weighted by Gasteiger charge is -2.40. The number of para-hydroxylation sites is 2. The molecule has 0 radical (unpaired) electrons. The Hall–Kier alpha value is -4.95. The lowest BCUT2D eigenvalue weighted by atomic mass is 9.93. The summed E-state index contributed by atoms with van der Waals surface area (Å²) in [7, 11) is 0. The quantitative estimate of drug-likeness (QED) is 0.181. The van der Waals surface area contributed by atoms with E-state index in [0.29, 0.717) is 0 Å². The largest absolute Gasteiger partial charge is 0.454 e. The molecule has 2 heterocycles. The topological polar surface area (TPSA) is 18.5 Å². The highest BCUT2D eigenvalue weighted by molar-refractivity contribution is 8.26. The molecule has 0 N–H and O–H groups in total. The van der Waals surface area contributed by atoms with Crippen LogP contribution in [0.5, 0.6) is 23.0 Å². The van der Waals surface area contributed by atoms with Gasteiger partial charge in [0.25, 0.3) is 0 Å². The van der Waals surface area contributed by atoms with E-state index in [1.807, 2.05) is 12.1 Å². The van der Waals surface area contributed by atoms with Gasteiger partial charge in [-0.3, -0.25) is 0 Å². The van der Waals surface area contributed by atoms with E-state index in [4.69, 9.17) is 21.3 Å². The van der Waals surface area contributed by atoms with Crippen LogP contribution in [0.4, 0.5) is 0 Å². The number of hydrogen-bond acceptors (Lipinski definition) is 3. The van der Waals surface area contributed by atoms with Crippen molar-refractivity contribution in [3.8, 4) is 56.4 Å². The summed E-state index contributed by atoms with van der Waals surface area (Å²) in [5, 5.41) is 3.14. The van der Waals surface area contributed by atoms with E-state index in [0.717, 1.165) is 96.3 Å². The van der Waals surface area contributed by atoms with Gasteiger partial charge in [0.05, 0.1) is 11.3 Å². The van der Waals surface area contributed by atoms with Crippen LogP contribution in [0.25, 0.3) is 39.0 Å². The van der Waals surface area contributed by atoms with Crippen LogP contribution >= 0.6 is 6.04 Å². The molecular formula is C42H29O2PS. The Bertz CT molecular complexity index is 2260. The standard InChI is InChI=1S/C42H29O2PS/c46-45-36-25-13-23-32(28-15-5-1-6-16-28)38(36)43-40-34(30-19-9-3-10-20-30)27-35(31-21-11-4-12-22-31)41(42(40)45)44-39-33(24-14-26-37(39)45)29-17-7-2-8-18-29/h1-3,5-11,13-27H,4,12H2. The van der Waals surface area contributed by atoms with Gasteiger partial charge in [-0.05, 0) is 53.3 Å². The third kappa shape index (κ3) is 4.13. The molecule has 2 aliphatic heterocycles. The number of benzene rings is 6. The molecule has 0 bridgehead atoms. The lowest BCUT2D eigenvalue weighted by Crippen LogP contribution is -2.36. The number of rotatable bonds is 4. The van der Waals surface area contributed by atoms with Crippen LogP contribution in [-0.2, 0) is 11.8 Å². The highest BCUT2D eigenvalue weighted by Gasteiger charge is 2.46.